The molecule has 5 heteroatoms. The lowest BCUT2D eigenvalue weighted by Gasteiger charge is -2.50. The first-order valence-corrected chi connectivity index (χ1v) is 24.3. The quantitative estimate of drug-likeness (QED) is 0.164. The Labute approximate surface area is 390 Å². The van der Waals surface area contributed by atoms with Gasteiger partial charge in [-0.05, 0) is 158 Å². The van der Waals surface area contributed by atoms with Crippen LogP contribution in [0.5, 0.6) is 0 Å². The number of anilines is 8. The van der Waals surface area contributed by atoms with Crippen LogP contribution in [0.1, 0.15) is 150 Å². The van der Waals surface area contributed by atoms with Crippen LogP contribution in [-0.2, 0) is 27.1 Å². The van der Waals surface area contributed by atoms with E-state index in [9.17, 15) is 0 Å². The highest BCUT2D eigenvalue weighted by Crippen LogP contribution is 2.61. The van der Waals surface area contributed by atoms with E-state index < -0.39 is 0 Å². The van der Waals surface area contributed by atoms with Gasteiger partial charge in [0, 0.05) is 50.9 Å². The van der Waals surface area contributed by atoms with Crippen molar-refractivity contribution in [2.45, 2.75) is 155 Å². The van der Waals surface area contributed by atoms with Crippen molar-refractivity contribution in [2.75, 3.05) is 14.7 Å². The van der Waals surface area contributed by atoms with E-state index in [1.807, 2.05) is 12.1 Å². The Bertz CT molecular complexity index is 2870. The molecule has 1 fully saturated rings. The predicted octanol–water partition coefficient (Wildman–Crippen LogP) is 14.8. The molecule has 6 aromatic carbocycles. The highest BCUT2D eigenvalue weighted by molar-refractivity contribution is 7.00. The average molecular weight is 862 g/mol. The van der Waals surface area contributed by atoms with Gasteiger partial charge in [0.2, 0.25) is 0 Å². The number of rotatable bonds is 3. The third-order valence-corrected chi connectivity index (χ3v) is 16.1. The molecule has 0 amide bonds. The molecule has 0 bridgehead atoms. The molecule has 3 aliphatic heterocycles. The van der Waals surface area contributed by atoms with Crippen LogP contribution in [0, 0.1) is 5.82 Å². The molecule has 0 radical (unpaired) electrons. The normalized spacial score (nSPS) is 20.3. The van der Waals surface area contributed by atoms with Crippen LogP contribution >= 0.6 is 0 Å². The van der Waals surface area contributed by atoms with Gasteiger partial charge in [-0.15, -0.1) is 0 Å². The summed E-state index contributed by atoms with van der Waals surface area (Å²) in [6.07, 6.45) is 4.41. The molecule has 0 spiro atoms. The zero-order valence-electron chi connectivity index (χ0n) is 41.6. The fourth-order valence-electron chi connectivity index (χ4n) is 11.9. The first-order chi connectivity index (χ1) is 30.4. The standard InChI is InChI=1S/C60H69BFN3/c1-55(2,3)38-17-23-43(24-18-38)63-50-29-21-40(57(7,8)9)33-48(50)61-47-28-27-45(65-49-30-22-42(62)36-46(49)59(13)31-15-16-32-60(59,65)14)37-51(47)64(44-25-19-39(20-26-44)56(4,5)6)53-35-41(58(10,11)12)34-52(63)54(53)61/h17-30,33-37H,15-16,31-32H2,1-14H3. The van der Waals surface area contributed by atoms with E-state index in [2.05, 4.69) is 209 Å². The molecular weight excluding hydrogens is 792 g/mol. The smallest absolute Gasteiger partial charge is 0.252 e. The van der Waals surface area contributed by atoms with Crippen molar-refractivity contribution in [3.05, 3.63) is 149 Å². The van der Waals surface area contributed by atoms with Crippen LogP contribution in [0.4, 0.5) is 49.9 Å². The molecular formula is C60H69BFN3. The van der Waals surface area contributed by atoms with Gasteiger partial charge < -0.3 is 14.7 Å². The lowest BCUT2D eigenvalue weighted by atomic mass is 9.33. The third-order valence-electron chi connectivity index (χ3n) is 16.1. The number of benzene rings is 6. The van der Waals surface area contributed by atoms with Gasteiger partial charge in [0.05, 0.1) is 5.54 Å². The first kappa shape index (κ1) is 43.6. The maximum absolute atomic E-state index is 15.3. The van der Waals surface area contributed by atoms with Crippen molar-refractivity contribution < 1.29 is 4.39 Å². The van der Waals surface area contributed by atoms with Gasteiger partial charge in [-0.2, -0.15) is 0 Å². The molecule has 3 heterocycles. The SMILES string of the molecule is CC(C)(C)c1ccc(N2c3ccc(C(C)(C)C)cc3B3c4ccc(N5c6ccc(F)cc6C6(C)CCCCC56C)cc4N(c4ccc(C(C)(C)C)cc4)c4cc(C(C)(C)C)cc2c43)cc1. The van der Waals surface area contributed by atoms with E-state index in [4.69, 9.17) is 0 Å². The predicted molar refractivity (Wildman–Crippen MR) is 278 cm³/mol. The van der Waals surface area contributed by atoms with Crippen molar-refractivity contribution in [3.8, 4) is 0 Å². The third kappa shape index (κ3) is 6.71. The zero-order valence-corrected chi connectivity index (χ0v) is 41.6. The first-order valence-electron chi connectivity index (χ1n) is 24.3. The topological polar surface area (TPSA) is 9.72 Å². The van der Waals surface area contributed by atoms with E-state index >= 15 is 4.39 Å². The molecule has 2 unspecified atom stereocenters. The summed E-state index contributed by atoms with van der Waals surface area (Å²) in [6, 6.07) is 43.8. The van der Waals surface area contributed by atoms with Crippen LogP contribution in [0.3, 0.4) is 0 Å². The Morgan fingerprint density at radius 3 is 1.49 bits per heavy atom. The number of hydrogen-bond acceptors (Lipinski definition) is 3. The zero-order chi connectivity index (χ0) is 46.4. The second kappa shape index (κ2) is 14.4. The molecule has 1 saturated carbocycles. The van der Waals surface area contributed by atoms with Crippen molar-refractivity contribution in [2.24, 2.45) is 0 Å². The van der Waals surface area contributed by atoms with Gasteiger partial charge in [0.1, 0.15) is 5.82 Å². The van der Waals surface area contributed by atoms with E-state index in [1.165, 1.54) is 67.1 Å². The molecule has 6 aromatic rings. The van der Waals surface area contributed by atoms with E-state index in [1.54, 1.807) is 6.07 Å². The Hall–Kier alpha value is -5.29. The van der Waals surface area contributed by atoms with Gasteiger partial charge >= 0.3 is 0 Å². The second-order valence-electron chi connectivity index (χ2n) is 24.5. The number of hydrogen-bond donors (Lipinski definition) is 0. The van der Waals surface area contributed by atoms with Gasteiger partial charge in [0.25, 0.3) is 6.71 Å². The van der Waals surface area contributed by atoms with Gasteiger partial charge in [-0.1, -0.05) is 145 Å². The van der Waals surface area contributed by atoms with Gasteiger partial charge in [-0.3, -0.25) is 0 Å². The molecule has 1 aliphatic carbocycles. The fraction of sp³-hybridized carbons (Fsp3) is 0.400. The summed E-state index contributed by atoms with van der Waals surface area (Å²) in [6.45, 7) is 32.6. The molecule has 0 aromatic heterocycles. The maximum atomic E-state index is 15.3. The van der Waals surface area contributed by atoms with Gasteiger partial charge in [0.15, 0.2) is 0 Å². The van der Waals surface area contributed by atoms with E-state index in [0.717, 1.165) is 48.3 Å². The summed E-state index contributed by atoms with van der Waals surface area (Å²) in [5.74, 6) is -0.151. The average Bonchev–Trinajstić information content (AvgIpc) is 3.44. The van der Waals surface area contributed by atoms with Gasteiger partial charge in [-0.25, -0.2) is 4.39 Å². The number of nitrogens with zero attached hydrogens (tertiary/aromatic N) is 3. The van der Waals surface area contributed by atoms with Crippen molar-refractivity contribution in [1.29, 1.82) is 0 Å². The van der Waals surface area contributed by atoms with E-state index in [-0.39, 0.29) is 45.1 Å². The molecule has 2 atom stereocenters. The maximum Gasteiger partial charge on any atom is 0.252 e. The Kier molecular flexibility index (Phi) is 9.63. The number of halogens is 1. The van der Waals surface area contributed by atoms with Crippen molar-refractivity contribution >= 4 is 68.6 Å². The Balaban J connectivity index is 1.29. The van der Waals surface area contributed by atoms with Crippen LogP contribution in [-0.4, -0.2) is 12.3 Å². The molecule has 0 saturated heterocycles. The van der Waals surface area contributed by atoms with Crippen LogP contribution in [0.25, 0.3) is 0 Å². The lowest BCUT2D eigenvalue weighted by molar-refractivity contribution is 0.194. The van der Waals surface area contributed by atoms with E-state index in [0.29, 0.717) is 0 Å². The van der Waals surface area contributed by atoms with Crippen LogP contribution < -0.4 is 31.1 Å². The summed E-state index contributed by atoms with van der Waals surface area (Å²) in [5.41, 5.74) is 19.4. The van der Waals surface area contributed by atoms with Crippen LogP contribution in [0.15, 0.2) is 115 Å². The fourth-order valence-corrected chi connectivity index (χ4v) is 11.9. The molecule has 334 valence electrons. The molecule has 65 heavy (non-hydrogen) atoms. The molecule has 4 aliphatic rings. The summed E-state index contributed by atoms with van der Waals surface area (Å²) in [4.78, 5) is 7.74. The molecule has 10 rings (SSSR count). The summed E-state index contributed by atoms with van der Waals surface area (Å²) in [5, 5.41) is 0. The van der Waals surface area contributed by atoms with Crippen molar-refractivity contribution in [3.63, 3.8) is 0 Å². The minimum atomic E-state index is -0.212. The Morgan fingerprint density at radius 1 is 0.446 bits per heavy atom. The molecule has 3 nitrogen and oxygen atoms in total. The minimum Gasteiger partial charge on any atom is -0.334 e. The van der Waals surface area contributed by atoms with Crippen LogP contribution in [0.2, 0.25) is 0 Å². The number of fused-ring (bicyclic) bond motifs is 7. The second-order valence-corrected chi connectivity index (χ2v) is 24.5. The summed E-state index contributed by atoms with van der Waals surface area (Å²) in [7, 11) is 0. The highest BCUT2D eigenvalue weighted by Gasteiger charge is 2.58. The molecule has 0 N–H and O–H groups in total. The largest absolute Gasteiger partial charge is 0.334 e. The van der Waals surface area contributed by atoms with Crippen molar-refractivity contribution in [1.82, 2.24) is 0 Å². The summed E-state index contributed by atoms with van der Waals surface area (Å²) < 4.78 is 15.3. The lowest BCUT2D eigenvalue weighted by Crippen LogP contribution is -2.61. The summed E-state index contributed by atoms with van der Waals surface area (Å²) >= 11 is 0. The Morgan fingerprint density at radius 2 is 0.938 bits per heavy atom. The monoisotopic (exact) mass is 862 g/mol. The highest BCUT2D eigenvalue weighted by atomic mass is 19.1. The minimum absolute atomic E-state index is 0.0129.